The van der Waals surface area contributed by atoms with Crippen LogP contribution in [0.4, 0.5) is 91.7 Å². The average molecular weight is 856 g/mol. The number of aliphatic hydroxyl groups excluding tert-OH is 1. The van der Waals surface area contributed by atoms with Crippen LogP contribution in [0.15, 0.2) is 114 Å². The fraction of sp³-hybridized carbons (Fsp3) is 0.250. The Morgan fingerprint density at radius 2 is 0.914 bits per heavy atom. The molecule has 22 heteroatoms. The van der Waals surface area contributed by atoms with E-state index in [4.69, 9.17) is 4.74 Å². The van der Waals surface area contributed by atoms with Gasteiger partial charge >= 0.3 is 48.2 Å². The molecule has 4 rings (SSSR count). The van der Waals surface area contributed by atoms with Crippen LogP contribution in [0.3, 0.4) is 0 Å². The topological polar surface area (TPSA) is 59.0 Å². The average Bonchev–Trinajstić information content (AvgIpc) is 3.12. The van der Waals surface area contributed by atoms with Crippen molar-refractivity contribution < 1.29 is 94.0 Å². The number of allylic oxidation sites excluding steroid dienone is 2. The van der Waals surface area contributed by atoms with Crippen molar-refractivity contribution in [2.24, 2.45) is 0 Å². The van der Waals surface area contributed by atoms with Gasteiger partial charge in [-0.2, -0.15) is 65.9 Å². The molecule has 0 saturated heterocycles. The Labute approximate surface area is 314 Å². The van der Waals surface area contributed by atoms with Crippen LogP contribution in [0.25, 0.3) is 0 Å². The van der Waals surface area contributed by atoms with Crippen molar-refractivity contribution in [1.82, 2.24) is 0 Å². The van der Waals surface area contributed by atoms with Crippen LogP contribution >= 0.6 is 0 Å². The highest BCUT2D eigenvalue weighted by molar-refractivity contribution is 5.89. The van der Waals surface area contributed by atoms with Gasteiger partial charge in [0.1, 0.15) is 12.4 Å². The van der Waals surface area contributed by atoms with E-state index < -0.39 is 77.4 Å². The van der Waals surface area contributed by atoms with E-state index in [1.165, 1.54) is 12.1 Å². The Hall–Kier alpha value is -5.54. The minimum absolute atomic E-state index is 0.0299. The molecule has 5 nitrogen and oxygen atoms in total. The molecule has 0 heterocycles. The first-order valence-corrected chi connectivity index (χ1v) is 15.6. The molecule has 4 aromatic rings. The minimum Gasteiger partial charge on any atom is -0.457 e. The standard InChI is InChI=1S/C36H22F17NO4/c37-30(33(42,43)44,34(45,46)47)27(31(38,35(48,49)50)36(51,52)53)28(32(39,40)41)58-26-16-10-22(11-17-26)29(56)57-19-21-8-14-25(15-9-21)54(23-4-2-1-3-5-23)24-12-6-20(18-55)7-13-24/h1-17,55H,18-19H2. The number of carbonyl (C=O) groups is 1. The van der Waals surface area contributed by atoms with Gasteiger partial charge in [0.25, 0.3) is 0 Å². The highest BCUT2D eigenvalue weighted by Crippen LogP contribution is 2.63. The molecule has 0 saturated carbocycles. The van der Waals surface area contributed by atoms with Crippen molar-refractivity contribution in [2.45, 2.75) is 55.4 Å². The number of benzene rings is 4. The smallest absolute Gasteiger partial charge is 0.449 e. The third-order valence-electron chi connectivity index (χ3n) is 8.00. The number of halogens is 17. The van der Waals surface area contributed by atoms with E-state index in [-0.39, 0.29) is 18.7 Å². The van der Waals surface area contributed by atoms with Gasteiger partial charge in [-0.25, -0.2) is 13.6 Å². The van der Waals surface area contributed by atoms with Crippen LogP contribution in [-0.2, 0) is 18.0 Å². The maximum Gasteiger partial charge on any atom is 0.449 e. The first-order chi connectivity index (χ1) is 26.6. The summed E-state index contributed by atoms with van der Waals surface area (Å²) in [5.41, 5.74) is -20.0. The summed E-state index contributed by atoms with van der Waals surface area (Å²) in [6.45, 7) is -0.719. The van der Waals surface area contributed by atoms with E-state index in [1.807, 2.05) is 4.90 Å². The van der Waals surface area contributed by atoms with Crippen molar-refractivity contribution >= 4 is 23.0 Å². The van der Waals surface area contributed by atoms with Crippen LogP contribution in [0, 0.1) is 0 Å². The molecule has 314 valence electrons. The van der Waals surface area contributed by atoms with Crippen molar-refractivity contribution in [1.29, 1.82) is 0 Å². The molecule has 58 heavy (non-hydrogen) atoms. The van der Waals surface area contributed by atoms with E-state index in [9.17, 15) is 84.5 Å². The maximum atomic E-state index is 14.9. The molecule has 0 spiro atoms. The van der Waals surface area contributed by atoms with Gasteiger partial charge in [-0.3, -0.25) is 0 Å². The van der Waals surface area contributed by atoms with Gasteiger partial charge in [-0.05, 0) is 71.8 Å². The molecule has 0 aliphatic rings. The molecule has 0 aliphatic heterocycles. The van der Waals surface area contributed by atoms with Crippen LogP contribution in [-0.4, -0.2) is 53.3 Å². The fourth-order valence-electron chi connectivity index (χ4n) is 5.21. The van der Waals surface area contributed by atoms with Gasteiger partial charge < -0.3 is 19.5 Å². The molecule has 0 aromatic heterocycles. The Balaban J connectivity index is 1.66. The van der Waals surface area contributed by atoms with Crippen molar-refractivity contribution in [3.05, 3.63) is 131 Å². The van der Waals surface area contributed by atoms with E-state index >= 15 is 0 Å². The maximum absolute atomic E-state index is 14.9. The summed E-state index contributed by atoms with van der Waals surface area (Å²) in [6.07, 6.45) is -39.9. The number of esters is 1. The Kier molecular flexibility index (Phi) is 12.5. The summed E-state index contributed by atoms with van der Waals surface area (Å²) in [5, 5.41) is 9.38. The zero-order chi connectivity index (χ0) is 43.7. The number of carbonyl (C=O) groups excluding carboxylic acids is 1. The number of alkyl halides is 17. The predicted molar refractivity (Wildman–Crippen MR) is 168 cm³/mol. The Morgan fingerprint density at radius 3 is 1.29 bits per heavy atom. The Morgan fingerprint density at radius 1 is 0.517 bits per heavy atom. The largest absolute Gasteiger partial charge is 0.457 e. The minimum atomic E-state index is -8.32. The summed E-state index contributed by atoms with van der Waals surface area (Å²) >= 11 is 0. The van der Waals surface area contributed by atoms with E-state index in [2.05, 4.69) is 4.74 Å². The number of anilines is 3. The second kappa shape index (κ2) is 16.0. The molecule has 0 bridgehead atoms. The molecule has 4 aromatic carbocycles. The van der Waals surface area contributed by atoms with Gasteiger partial charge in [0.2, 0.25) is 5.76 Å². The van der Waals surface area contributed by atoms with Crippen LogP contribution in [0.1, 0.15) is 21.5 Å². The number of rotatable bonds is 11. The quantitative estimate of drug-likeness (QED) is 0.0925. The second-order valence-corrected chi connectivity index (χ2v) is 11.9. The van der Waals surface area contributed by atoms with Gasteiger partial charge in [-0.15, -0.1) is 0 Å². The molecule has 0 aliphatic carbocycles. The molecule has 0 amide bonds. The van der Waals surface area contributed by atoms with Crippen LogP contribution < -0.4 is 9.64 Å². The summed E-state index contributed by atoms with van der Waals surface area (Å²) in [7, 11) is 0. The van der Waals surface area contributed by atoms with Crippen molar-refractivity contribution in [2.75, 3.05) is 4.90 Å². The third kappa shape index (κ3) is 8.95. The number of hydrogen-bond acceptors (Lipinski definition) is 5. The monoisotopic (exact) mass is 855 g/mol. The zero-order valence-corrected chi connectivity index (χ0v) is 28.3. The normalized spacial score (nSPS) is 13.2. The molecule has 0 radical (unpaired) electrons. The summed E-state index contributed by atoms with van der Waals surface area (Å²) in [6, 6.07) is 22.8. The van der Waals surface area contributed by atoms with E-state index in [0.29, 0.717) is 34.6 Å². The molecule has 0 unspecified atom stereocenters. The van der Waals surface area contributed by atoms with Crippen molar-refractivity contribution in [3.63, 3.8) is 0 Å². The molecule has 0 atom stereocenters. The molecule has 1 N–H and O–H groups in total. The lowest BCUT2D eigenvalue weighted by Gasteiger charge is -2.41. The zero-order valence-electron chi connectivity index (χ0n) is 28.3. The lowest BCUT2D eigenvalue weighted by Crippen LogP contribution is -2.67. The number of nitrogens with zero attached hydrogens (tertiary/aromatic N) is 1. The predicted octanol–water partition coefficient (Wildman–Crippen LogP) is 11.9. The van der Waals surface area contributed by atoms with E-state index in [1.54, 1.807) is 66.7 Å². The third-order valence-corrected chi connectivity index (χ3v) is 8.00. The number of hydrogen-bond donors (Lipinski definition) is 1. The second-order valence-electron chi connectivity index (χ2n) is 11.9. The first-order valence-electron chi connectivity index (χ1n) is 15.6. The fourth-order valence-corrected chi connectivity index (χ4v) is 5.21. The first kappa shape index (κ1) is 45.2. The van der Waals surface area contributed by atoms with Gasteiger partial charge in [-0.1, -0.05) is 42.5 Å². The SMILES string of the molecule is O=C(OCc1ccc(N(c2ccccc2)c2ccc(CO)cc2)cc1)c1ccc(OC(=C(C(F)(C(F)(F)F)C(F)(F)F)C(F)(C(F)(F)F)C(F)(F)F)C(F)(F)F)cc1. The summed E-state index contributed by atoms with van der Waals surface area (Å²) < 4.78 is 242. The van der Waals surface area contributed by atoms with Crippen LogP contribution in [0.2, 0.25) is 0 Å². The van der Waals surface area contributed by atoms with Crippen LogP contribution in [0.5, 0.6) is 5.75 Å². The molecular formula is C36H22F17NO4. The highest BCUT2D eigenvalue weighted by Gasteiger charge is 2.88. The molecular weight excluding hydrogens is 833 g/mol. The number of aliphatic hydroxyl groups is 1. The highest BCUT2D eigenvalue weighted by atomic mass is 19.4. The summed E-state index contributed by atoms with van der Waals surface area (Å²) in [4.78, 5) is 14.5. The lowest BCUT2D eigenvalue weighted by atomic mass is 9.79. The lowest BCUT2D eigenvalue weighted by molar-refractivity contribution is -0.365. The van der Waals surface area contributed by atoms with E-state index in [0.717, 1.165) is 5.69 Å². The van der Waals surface area contributed by atoms with Gasteiger partial charge in [0.05, 0.1) is 17.7 Å². The van der Waals surface area contributed by atoms with Gasteiger partial charge in [0, 0.05) is 17.1 Å². The Bertz CT molecular complexity index is 1980. The summed E-state index contributed by atoms with van der Waals surface area (Å²) in [5.74, 6) is -7.80. The van der Waals surface area contributed by atoms with Gasteiger partial charge in [0.15, 0.2) is 0 Å². The van der Waals surface area contributed by atoms with Crippen molar-refractivity contribution in [3.8, 4) is 5.75 Å². The number of ether oxygens (including phenoxy) is 2. The molecule has 0 fully saturated rings. The number of para-hydroxylation sites is 1.